The summed E-state index contributed by atoms with van der Waals surface area (Å²) < 4.78 is 25.6. The molecule has 0 aliphatic carbocycles. The quantitative estimate of drug-likeness (QED) is 0.324. The second-order valence-electron chi connectivity index (χ2n) is 3.94. The van der Waals surface area contributed by atoms with Crippen LogP contribution in [0.15, 0.2) is 46.7 Å². The first-order valence-corrected chi connectivity index (χ1v) is 6.96. The van der Waals surface area contributed by atoms with E-state index in [1.165, 1.54) is 19.4 Å². The van der Waals surface area contributed by atoms with Gasteiger partial charge in [0.2, 0.25) is 0 Å². The fraction of sp³-hybridized carbons (Fsp3) is 0.0909. The second kappa shape index (κ2) is 5.21. The van der Waals surface area contributed by atoms with Gasteiger partial charge in [-0.25, -0.2) is 8.42 Å². The Morgan fingerprint density at radius 2 is 2.05 bits per heavy atom. The maximum absolute atomic E-state index is 12.2. The van der Waals surface area contributed by atoms with Crippen LogP contribution in [0, 0.1) is 0 Å². The molecule has 4 N–H and O–H groups in total. The van der Waals surface area contributed by atoms with Gasteiger partial charge >= 0.3 is 0 Å². The molecule has 1 aromatic heterocycles. The molecule has 0 saturated heterocycles. The number of sulfonamides is 1. The lowest BCUT2D eigenvalue weighted by atomic mass is 10.2. The molecule has 2 rings (SSSR count). The molecule has 9 heteroatoms. The van der Waals surface area contributed by atoms with E-state index in [4.69, 9.17) is 10.9 Å². The lowest BCUT2D eigenvalue weighted by molar-refractivity contribution is 0.318. The number of benzene rings is 1. The fourth-order valence-corrected chi connectivity index (χ4v) is 2.68. The zero-order chi connectivity index (χ0) is 14.8. The van der Waals surface area contributed by atoms with Gasteiger partial charge in [0.1, 0.15) is 4.90 Å². The number of nitrogens with two attached hydrogens (primary N) is 1. The number of amidine groups is 1. The van der Waals surface area contributed by atoms with Crippen LogP contribution in [0.4, 0.5) is 5.69 Å². The van der Waals surface area contributed by atoms with Crippen molar-refractivity contribution in [3.63, 3.8) is 0 Å². The average Bonchev–Trinajstić information content (AvgIpc) is 3.00. The van der Waals surface area contributed by atoms with Crippen LogP contribution in [0.1, 0.15) is 5.56 Å². The number of aromatic amines is 1. The Morgan fingerprint density at radius 1 is 1.40 bits per heavy atom. The van der Waals surface area contributed by atoms with Gasteiger partial charge in [-0.05, 0) is 24.3 Å². The zero-order valence-electron chi connectivity index (χ0n) is 10.6. The summed E-state index contributed by atoms with van der Waals surface area (Å²) in [6.45, 7) is 0. The highest BCUT2D eigenvalue weighted by Gasteiger charge is 2.22. The van der Waals surface area contributed by atoms with Crippen LogP contribution in [0.5, 0.6) is 0 Å². The molecule has 1 aromatic carbocycles. The number of hydrogen-bond donors (Lipinski definition) is 3. The van der Waals surface area contributed by atoms with E-state index >= 15 is 0 Å². The minimum absolute atomic E-state index is 0.0445. The van der Waals surface area contributed by atoms with E-state index in [0.717, 1.165) is 4.31 Å². The van der Waals surface area contributed by atoms with Gasteiger partial charge in [-0.3, -0.25) is 9.40 Å². The van der Waals surface area contributed by atoms with Gasteiger partial charge in [-0.2, -0.15) is 5.10 Å². The molecule has 0 aliphatic rings. The summed E-state index contributed by atoms with van der Waals surface area (Å²) in [6.07, 6.45) is 2.53. The normalized spacial score (nSPS) is 12.3. The van der Waals surface area contributed by atoms with Crippen molar-refractivity contribution >= 4 is 21.5 Å². The van der Waals surface area contributed by atoms with Crippen molar-refractivity contribution in [1.29, 1.82) is 0 Å². The summed E-state index contributed by atoms with van der Waals surface area (Å²) in [5.41, 5.74) is 6.38. The van der Waals surface area contributed by atoms with Crippen LogP contribution in [0.2, 0.25) is 0 Å². The molecule has 0 unspecified atom stereocenters. The average molecular weight is 295 g/mol. The lowest BCUT2D eigenvalue weighted by Crippen LogP contribution is -2.26. The van der Waals surface area contributed by atoms with Crippen molar-refractivity contribution in [2.75, 3.05) is 11.4 Å². The highest BCUT2D eigenvalue weighted by atomic mass is 32.2. The summed E-state index contributed by atoms with van der Waals surface area (Å²) in [5.74, 6) is -0.0445. The van der Waals surface area contributed by atoms with Gasteiger partial charge in [-0.1, -0.05) is 5.16 Å². The third-order valence-electron chi connectivity index (χ3n) is 2.77. The van der Waals surface area contributed by atoms with Crippen LogP contribution >= 0.6 is 0 Å². The van der Waals surface area contributed by atoms with Gasteiger partial charge in [0.05, 0.1) is 11.9 Å². The van der Waals surface area contributed by atoms with E-state index < -0.39 is 10.0 Å². The van der Waals surface area contributed by atoms with Crippen molar-refractivity contribution < 1.29 is 13.6 Å². The summed E-state index contributed by atoms with van der Waals surface area (Å²) in [5, 5.41) is 17.5. The highest BCUT2D eigenvalue weighted by molar-refractivity contribution is 7.92. The number of H-pyrrole nitrogens is 1. The zero-order valence-corrected chi connectivity index (χ0v) is 11.4. The van der Waals surface area contributed by atoms with Crippen LogP contribution in [-0.2, 0) is 10.0 Å². The molecule has 0 fully saturated rings. The minimum Gasteiger partial charge on any atom is -0.409 e. The summed E-state index contributed by atoms with van der Waals surface area (Å²) in [7, 11) is -2.23. The maximum Gasteiger partial charge on any atom is 0.267 e. The summed E-state index contributed by atoms with van der Waals surface area (Å²) in [4.78, 5) is 0.0699. The Kier molecular flexibility index (Phi) is 3.61. The standard InChI is InChI=1S/C11H13N5O3S/c1-16(20(18,19)10-6-13-14-7-10)9-4-2-8(3-5-9)11(12)15-17/h2-7,17H,1H3,(H2,12,15)(H,13,14). The Labute approximate surface area is 115 Å². The third kappa shape index (κ3) is 2.43. The van der Waals surface area contributed by atoms with Gasteiger partial charge < -0.3 is 10.9 Å². The maximum atomic E-state index is 12.2. The minimum atomic E-state index is -3.66. The topological polar surface area (TPSA) is 125 Å². The van der Waals surface area contributed by atoms with Gasteiger partial charge in [-0.15, -0.1) is 0 Å². The molecule has 20 heavy (non-hydrogen) atoms. The Hall–Kier alpha value is -2.55. The smallest absolute Gasteiger partial charge is 0.267 e. The van der Waals surface area contributed by atoms with Gasteiger partial charge in [0.15, 0.2) is 5.84 Å². The predicted molar refractivity (Wildman–Crippen MR) is 73.1 cm³/mol. The molecule has 0 spiro atoms. The van der Waals surface area contributed by atoms with Gasteiger partial charge in [0.25, 0.3) is 10.0 Å². The van der Waals surface area contributed by atoms with Crippen LogP contribution < -0.4 is 10.0 Å². The van der Waals surface area contributed by atoms with E-state index in [9.17, 15) is 8.42 Å². The van der Waals surface area contributed by atoms with E-state index in [1.54, 1.807) is 24.3 Å². The molecule has 8 nitrogen and oxygen atoms in total. The summed E-state index contributed by atoms with van der Waals surface area (Å²) >= 11 is 0. The highest BCUT2D eigenvalue weighted by Crippen LogP contribution is 2.21. The van der Waals surface area contributed by atoms with E-state index in [2.05, 4.69) is 15.4 Å². The van der Waals surface area contributed by atoms with Gasteiger partial charge in [0, 0.05) is 18.8 Å². The number of nitrogens with one attached hydrogen (secondary N) is 1. The van der Waals surface area contributed by atoms with Crippen molar-refractivity contribution in [1.82, 2.24) is 10.2 Å². The molecule has 0 amide bonds. The van der Waals surface area contributed by atoms with Crippen molar-refractivity contribution in [3.8, 4) is 0 Å². The monoisotopic (exact) mass is 295 g/mol. The molecule has 1 heterocycles. The number of oxime groups is 1. The molecule has 0 aliphatic heterocycles. The van der Waals surface area contributed by atoms with Crippen molar-refractivity contribution in [2.24, 2.45) is 10.9 Å². The molecule has 0 radical (unpaired) electrons. The number of anilines is 1. The second-order valence-corrected chi connectivity index (χ2v) is 5.91. The largest absolute Gasteiger partial charge is 0.409 e. The third-order valence-corrected chi connectivity index (χ3v) is 4.52. The Morgan fingerprint density at radius 3 is 2.55 bits per heavy atom. The predicted octanol–water partition coefficient (Wildman–Crippen LogP) is 0.329. The van der Waals surface area contributed by atoms with E-state index in [-0.39, 0.29) is 10.7 Å². The molecular weight excluding hydrogens is 282 g/mol. The Balaban J connectivity index is 2.33. The SMILES string of the molecule is CN(c1ccc(C(N)=NO)cc1)S(=O)(=O)c1cn[nH]c1. The first-order valence-electron chi connectivity index (χ1n) is 5.52. The van der Waals surface area contributed by atoms with Crippen LogP contribution in [0.25, 0.3) is 0 Å². The molecule has 0 bridgehead atoms. The number of rotatable bonds is 4. The molecule has 0 saturated carbocycles. The molecule has 0 atom stereocenters. The number of nitrogens with zero attached hydrogens (tertiary/aromatic N) is 3. The first kappa shape index (κ1) is 13.9. The lowest BCUT2D eigenvalue weighted by Gasteiger charge is -2.18. The number of aromatic nitrogens is 2. The summed E-state index contributed by atoms with van der Waals surface area (Å²) in [6, 6.07) is 6.24. The fourth-order valence-electron chi connectivity index (χ4n) is 1.58. The molecule has 106 valence electrons. The first-order chi connectivity index (χ1) is 9.46. The van der Waals surface area contributed by atoms with E-state index in [1.807, 2.05) is 0 Å². The molecular formula is C11H13N5O3S. The van der Waals surface area contributed by atoms with E-state index in [0.29, 0.717) is 11.3 Å². The number of hydrogen-bond acceptors (Lipinski definition) is 5. The van der Waals surface area contributed by atoms with Crippen LogP contribution in [0.3, 0.4) is 0 Å². The van der Waals surface area contributed by atoms with Crippen molar-refractivity contribution in [3.05, 3.63) is 42.2 Å². The van der Waals surface area contributed by atoms with Crippen LogP contribution in [-0.4, -0.2) is 36.7 Å². The Bertz CT molecular complexity index is 707. The molecule has 2 aromatic rings. The van der Waals surface area contributed by atoms with Crippen molar-refractivity contribution in [2.45, 2.75) is 4.90 Å².